The summed E-state index contributed by atoms with van der Waals surface area (Å²) in [6.45, 7) is 0.948. The molecule has 1 aliphatic rings. The molecule has 2 atom stereocenters. The molecule has 0 radical (unpaired) electrons. The van der Waals surface area contributed by atoms with Crippen molar-refractivity contribution >= 4 is 5.97 Å². The Morgan fingerprint density at radius 1 is 1.62 bits per heavy atom. The van der Waals surface area contributed by atoms with Gasteiger partial charge in [-0.15, -0.1) is 0 Å². The molecule has 86 valence electrons. The third-order valence-corrected chi connectivity index (χ3v) is 3.23. The van der Waals surface area contributed by atoms with Crippen molar-refractivity contribution < 1.29 is 9.90 Å². The second-order valence-corrected chi connectivity index (χ2v) is 4.30. The Morgan fingerprint density at radius 3 is 3.06 bits per heavy atom. The van der Waals surface area contributed by atoms with E-state index in [-0.39, 0.29) is 12.0 Å². The number of aromatic nitrogens is 1. The molecule has 0 amide bonds. The second kappa shape index (κ2) is 4.61. The van der Waals surface area contributed by atoms with E-state index in [1.54, 1.807) is 12.4 Å². The minimum atomic E-state index is -0.708. The molecule has 1 aliphatic heterocycles. The van der Waals surface area contributed by atoms with Crippen LogP contribution in [0.2, 0.25) is 0 Å². The van der Waals surface area contributed by atoms with Gasteiger partial charge in [-0.05, 0) is 38.1 Å². The largest absolute Gasteiger partial charge is 0.481 e. The van der Waals surface area contributed by atoms with Crippen molar-refractivity contribution in [2.24, 2.45) is 5.92 Å². The smallest absolute Gasteiger partial charge is 0.308 e. The highest BCUT2D eigenvalue weighted by atomic mass is 16.4. The van der Waals surface area contributed by atoms with Crippen LogP contribution in [-0.2, 0) is 4.79 Å². The first-order valence-electron chi connectivity index (χ1n) is 5.53. The Morgan fingerprint density at radius 2 is 2.44 bits per heavy atom. The first-order valence-corrected chi connectivity index (χ1v) is 5.53. The number of carboxylic acid groups (broad SMARTS) is 1. The molecule has 1 N–H and O–H groups in total. The van der Waals surface area contributed by atoms with E-state index in [0.717, 1.165) is 24.9 Å². The van der Waals surface area contributed by atoms with Gasteiger partial charge in [0.2, 0.25) is 0 Å². The van der Waals surface area contributed by atoms with Gasteiger partial charge in [0.25, 0.3) is 0 Å². The molecule has 16 heavy (non-hydrogen) atoms. The van der Waals surface area contributed by atoms with Gasteiger partial charge < -0.3 is 5.11 Å². The van der Waals surface area contributed by atoms with Gasteiger partial charge in [-0.3, -0.25) is 14.7 Å². The molecule has 0 spiro atoms. The molecular weight excluding hydrogens is 204 g/mol. The van der Waals surface area contributed by atoms with Crippen LogP contribution in [0.5, 0.6) is 0 Å². The van der Waals surface area contributed by atoms with E-state index >= 15 is 0 Å². The Kier molecular flexibility index (Phi) is 3.19. The van der Waals surface area contributed by atoms with Crippen LogP contribution < -0.4 is 0 Å². The minimum Gasteiger partial charge on any atom is -0.481 e. The fourth-order valence-corrected chi connectivity index (χ4v) is 2.46. The Hall–Kier alpha value is -1.42. The van der Waals surface area contributed by atoms with Crippen molar-refractivity contribution in [3.63, 3.8) is 0 Å². The maximum Gasteiger partial charge on any atom is 0.308 e. The molecule has 0 aromatic carbocycles. The lowest BCUT2D eigenvalue weighted by Gasteiger charge is -2.37. The van der Waals surface area contributed by atoms with Crippen molar-refractivity contribution in [1.29, 1.82) is 0 Å². The van der Waals surface area contributed by atoms with Crippen LogP contribution in [0, 0.1) is 5.92 Å². The summed E-state index contributed by atoms with van der Waals surface area (Å²) in [5.41, 5.74) is 0.997. The maximum atomic E-state index is 11.2. The van der Waals surface area contributed by atoms with Crippen molar-refractivity contribution in [3.8, 4) is 0 Å². The predicted octanol–water partition coefficient (Wildman–Crippen LogP) is 1.55. The van der Waals surface area contributed by atoms with Crippen LogP contribution in [0.4, 0.5) is 0 Å². The topological polar surface area (TPSA) is 53.4 Å². The fraction of sp³-hybridized carbons (Fsp3) is 0.500. The summed E-state index contributed by atoms with van der Waals surface area (Å²) in [4.78, 5) is 17.4. The number of piperidine rings is 1. The minimum absolute atomic E-state index is 0.0417. The molecule has 2 rings (SSSR count). The van der Waals surface area contributed by atoms with Gasteiger partial charge in [0, 0.05) is 18.4 Å². The van der Waals surface area contributed by atoms with Gasteiger partial charge in [0.05, 0.1) is 5.92 Å². The predicted molar refractivity (Wildman–Crippen MR) is 60.0 cm³/mol. The molecule has 0 bridgehead atoms. The molecule has 1 aromatic rings. The first kappa shape index (κ1) is 11.1. The standard InChI is InChI=1S/C12H16N2O2/c1-14-7-3-5-10(12(15)16)11(14)9-4-2-6-13-8-9/h2,4,6,8,10-11H,3,5,7H2,1H3,(H,15,16)/t10-,11+/m0/s1. The zero-order valence-electron chi connectivity index (χ0n) is 9.34. The van der Waals surface area contributed by atoms with E-state index in [4.69, 9.17) is 0 Å². The van der Waals surface area contributed by atoms with Crippen LogP contribution in [0.25, 0.3) is 0 Å². The molecule has 2 heterocycles. The van der Waals surface area contributed by atoms with Crippen LogP contribution in [0.3, 0.4) is 0 Å². The zero-order valence-corrected chi connectivity index (χ0v) is 9.34. The fourth-order valence-electron chi connectivity index (χ4n) is 2.46. The normalized spacial score (nSPS) is 26.6. The zero-order chi connectivity index (χ0) is 11.5. The van der Waals surface area contributed by atoms with Gasteiger partial charge in [-0.2, -0.15) is 0 Å². The van der Waals surface area contributed by atoms with Gasteiger partial charge in [0.1, 0.15) is 0 Å². The third kappa shape index (κ3) is 2.07. The number of aliphatic carboxylic acids is 1. The highest BCUT2D eigenvalue weighted by Gasteiger charge is 2.35. The summed E-state index contributed by atoms with van der Waals surface area (Å²) < 4.78 is 0. The van der Waals surface area contributed by atoms with E-state index < -0.39 is 5.97 Å². The average molecular weight is 220 g/mol. The van der Waals surface area contributed by atoms with Gasteiger partial charge >= 0.3 is 5.97 Å². The lowest BCUT2D eigenvalue weighted by Crippen LogP contribution is -2.39. The van der Waals surface area contributed by atoms with E-state index in [9.17, 15) is 9.90 Å². The van der Waals surface area contributed by atoms with E-state index in [0.29, 0.717) is 0 Å². The second-order valence-electron chi connectivity index (χ2n) is 4.30. The lowest BCUT2D eigenvalue weighted by molar-refractivity contribution is -0.145. The molecule has 0 saturated carbocycles. The average Bonchev–Trinajstić information content (AvgIpc) is 2.29. The SMILES string of the molecule is CN1CCC[C@H](C(=O)O)[C@H]1c1cccnc1. The molecule has 4 nitrogen and oxygen atoms in total. The van der Waals surface area contributed by atoms with Gasteiger partial charge in [-0.25, -0.2) is 0 Å². The Labute approximate surface area is 94.9 Å². The number of pyridine rings is 1. The molecule has 1 fully saturated rings. The third-order valence-electron chi connectivity index (χ3n) is 3.23. The van der Waals surface area contributed by atoms with Crippen molar-refractivity contribution in [2.45, 2.75) is 18.9 Å². The Bertz CT molecular complexity index is 367. The molecule has 1 saturated heterocycles. The van der Waals surface area contributed by atoms with Crippen LogP contribution >= 0.6 is 0 Å². The summed E-state index contributed by atoms with van der Waals surface area (Å²) in [7, 11) is 1.98. The molecular formula is C12H16N2O2. The van der Waals surface area contributed by atoms with E-state index in [2.05, 4.69) is 9.88 Å². The summed E-state index contributed by atoms with van der Waals surface area (Å²) in [6, 6.07) is 3.77. The number of carboxylic acids is 1. The summed E-state index contributed by atoms with van der Waals surface area (Å²) in [5.74, 6) is -1.02. The van der Waals surface area contributed by atoms with Crippen LogP contribution in [0.15, 0.2) is 24.5 Å². The lowest BCUT2D eigenvalue weighted by atomic mass is 9.86. The molecule has 4 heteroatoms. The van der Waals surface area contributed by atoms with Gasteiger partial charge in [-0.1, -0.05) is 6.07 Å². The maximum absolute atomic E-state index is 11.2. The number of carbonyl (C=O) groups is 1. The van der Waals surface area contributed by atoms with Crippen molar-refractivity contribution in [1.82, 2.24) is 9.88 Å². The van der Waals surface area contributed by atoms with Crippen LogP contribution in [0.1, 0.15) is 24.4 Å². The highest BCUT2D eigenvalue weighted by Crippen LogP contribution is 2.34. The van der Waals surface area contributed by atoms with Crippen molar-refractivity contribution in [3.05, 3.63) is 30.1 Å². The number of nitrogens with zero attached hydrogens (tertiary/aromatic N) is 2. The number of rotatable bonds is 2. The first-order chi connectivity index (χ1) is 7.70. The number of hydrogen-bond acceptors (Lipinski definition) is 3. The summed E-state index contributed by atoms with van der Waals surface area (Å²) in [6.07, 6.45) is 5.17. The van der Waals surface area contributed by atoms with Crippen molar-refractivity contribution in [2.75, 3.05) is 13.6 Å². The Balaban J connectivity index is 2.30. The van der Waals surface area contributed by atoms with E-state index in [1.807, 2.05) is 19.2 Å². The van der Waals surface area contributed by atoms with Crippen LogP contribution in [-0.4, -0.2) is 34.6 Å². The summed E-state index contributed by atoms with van der Waals surface area (Å²) in [5, 5.41) is 9.24. The quantitative estimate of drug-likeness (QED) is 0.821. The molecule has 0 unspecified atom stereocenters. The highest BCUT2D eigenvalue weighted by molar-refractivity contribution is 5.71. The molecule has 0 aliphatic carbocycles. The van der Waals surface area contributed by atoms with Gasteiger partial charge in [0.15, 0.2) is 0 Å². The number of likely N-dealkylation sites (tertiary alicyclic amines) is 1. The molecule has 1 aromatic heterocycles. The monoisotopic (exact) mass is 220 g/mol. The summed E-state index contributed by atoms with van der Waals surface area (Å²) >= 11 is 0. The number of hydrogen-bond donors (Lipinski definition) is 1. The van der Waals surface area contributed by atoms with E-state index in [1.165, 1.54) is 0 Å².